The summed E-state index contributed by atoms with van der Waals surface area (Å²) < 4.78 is 1.85. The number of hydrogen-bond acceptors (Lipinski definition) is 6. The maximum absolute atomic E-state index is 5.98. The number of rotatable bonds is 8. The average Bonchev–Trinajstić information content (AvgIpc) is 3.44. The summed E-state index contributed by atoms with van der Waals surface area (Å²) in [5, 5.41) is 7.22. The van der Waals surface area contributed by atoms with Crippen LogP contribution in [-0.4, -0.2) is 31.3 Å². The monoisotopic (exact) mass is 423 g/mol. The van der Waals surface area contributed by atoms with Gasteiger partial charge in [-0.05, 0) is 36.2 Å². The molecule has 1 radical (unpaired) electrons. The first-order valence-corrected chi connectivity index (χ1v) is 10.6. The molecule has 4 rings (SSSR count). The maximum atomic E-state index is 5.98. The highest BCUT2D eigenvalue weighted by Gasteiger charge is 2.13. The largest absolute Gasteiger partial charge is 0.336 e. The summed E-state index contributed by atoms with van der Waals surface area (Å²) in [7, 11) is 0. The van der Waals surface area contributed by atoms with Crippen LogP contribution in [0, 0.1) is 5.51 Å². The van der Waals surface area contributed by atoms with E-state index in [2.05, 4.69) is 37.4 Å². The Bertz CT molecular complexity index is 1030. The molecule has 0 unspecified atom stereocenters. The second kappa shape index (κ2) is 9.15. The van der Waals surface area contributed by atoms with Crippen molar-refractivity contribution < 1.29 is 0 Å². The second-order valence-corrected chi connectivity index (χ2v) is 7.71. The minimum absolute atomic E-state index is 0.660. The Labute approximate surface area is 178 Å². The molecule has 3 heterocycles. The van der Waals surface area contributed by atoms with Crippen molar-refractivity contribution in [3.05, 3.63) is 81.8 Å². The summed E-state index contributed by atoms with van der Waals surface area (Å²) in [6.07, 6.45) is 9.41. The lowest BCUT2D eigenvalue weighted by molar-refractivity contribution is 0.742. The van der Waals surface area contributed by atoms with E-state index in [1.54, 1.807) is 0 Å². The van der Waals surface area contributed by atoms with Crippen LogP contribution in [0.1, 0.15) is 23.7 Å². The van der Waals surface area contributed by atoms with Crippen LogP contribution in [0.4, 0.5) is 5.95 Å². The molecule has 0 amide bonds. The molecule has 6 nitrogen and oxygen atoms in total. The van der Waals surface area contributed by atoms with Crippen LogP contribution in [0.25, 0.3) is 5.69 Å². The minimum Gasteiger partial charge on any atom is -0.336 e. The molecular formula is C21H20ClN6S. The van der Waals surface area contributed by atoms with Gasteiger partial charge in [0.2, 0.25) is 5.95 Å². The van der Waals surface area contributed by atoms with Crippen molar-refractivity contribution in [3.8, 4) is 5.69 Å². The van der Waals surface area contributed by atoms with Crippen LogP contribution >= 0.6 is 22.9 Å². The Kier molecular flexibility index (Phi) is 6.17. The zero-order valence-electron chi connectivity index (χ0n) is 16.0. The van der Waals surface area contributed by atoms with Gasteiger partial charge in [0.15, 0.2) is 5.51 Å². The van der Waals surface area contributed by atoms with E-state index in [9.17, 15) is 0 Å². The van der Waals surface area contributed by atoms with Crippen molar-refractivity contribution in [3.63, 3.8) is 0 Å². The molecule has 1 aromatic carbocycles. The van der Waals surface area contributed by atoms with E-state index in [0.717, 1.165) is 41.9 Å². The first-order chi connectivity index (χ1) is 14.2. The Balaban J connectivity index is 1.53. The molecule has 0 aliphatic carbocycles. The van der Waals surface area contributed by atoms with Gasteiger partial charge in [0.25, 0.3) is 0 Å². The highest BCUT2D eigenvalue weighted by molar-refractivity contribution is 7.07. The molecule has 4 aromatic rings. The number of anilines is 1. The number of hydrogen-bond donors (Lipinski definition) is 0. The van der Waals surface area contributed by atoms with Crippen LogP contribution in [0.2, 0.25) is 5.02 Å². The predicted molar refractivity (Wildman–Crippen MR) is 116 cm³/mol. The molecule has 0 aliphatic heterocycles. The SMILES string of the molecule is CCc1cnc(N(CCc2cs[c]n2)Cc2cnn(-c3ccc(Cl)cc3)c2)nc1. The normalized spacial score (nSPS) is 11.0. The van der Waals surface area contributed by atoms with Gasteiger partial charge in [0.1, 0.15) is 0 Å². The average molecular weight is 424 g/mol. The highest BCUT2D eigenvalue weighted by Crippen LogP contribution is 2.17. The fraction of sp³-hybridized carbons (Fsp3) is 0.238. The molecule has 8 heteroatoms. The van der Waals surface area contributed by atoms with Gasteiger partial charge < -0.3 is 4.90 Å². The van der Waals surface area contributed by atoms with Crippen molar-refractivity contribution in [2.45, 2.75) is 26.3 Å². The topological polar surface area (TPSA) is 59.7 Å². The molecule has 29 heavy (non-hydrogen) atoms. The maximum Gasteiger partial charge on any atom is 0.225 e. The molecule has 0 aliphatic rings. The quantitative estimate of drug-likeness (QED) is 0.420. The van der Waals surface area contributed by atoms with Gasteiger partial charge in [-0.2, -0.15) is 5.10 Å². The molecule has 0 saturated carbocycles. The fourth-order valence-electron chi connectivity index (χ4n) is 2.91. The van der Waals surface area contributed by atoms with Crippen molar-refractivity contribution in [2.24, 2.45) is 0 Å². The summed E-state index contributed by atoms with van der Waals surface area (Å²) in [6, 6.07) is 7.61. The summed E-state index contributed by atoms with van der Waals surface area (Å²) in [5.74, 6) is 0.709. The van der Waals surface area contributed by atoms with Crippen molar-refractivity contribution in [1.29, 1.82) is 0 Å². The molecule has 0 atom stereocenters. The van der Waals surface area contributed by atoms with Crippen LogP contribution in [-0.2, 0) is 19.4 Å². The number of aromatic nitrogens is 5. The van der Waals surface area contributed by atoms with Crippen molar-refractivity contribution >= 4 is 28.9 Å². The van der Waals surface area contributed by atoms with E-state index in [4.69, 9.17) is 11.6 Å². The van der Waals surface area contributed by atoms with Crippen LogP contribution in [0.3, 0.4) is 0 Å². The summed E-state index contributed by atoms with van der Waals surface area (Å²) >= 11 is 7.47. The third-order valence-electron chi connectivity index (χ3n) is 4.56. The molecule has 147 valence electrons. The number of aryl methyl sites for hydroxylation is 1. The Hall–Kier alpha value is -2.77. The zero-order chi connectivity index (χ0) is 20.1. The van der Waals surface area contributed by atoms with Gasteiger partial charge in [0, 0.05) is 54.1 Å². The molecule has 0 N–H and O–H groups in total. The minimum atomic E-state index is 0.660. The van der Waals surface area contributed by atoms with Gasteiger partial charge in [-0.25, -0.2) is 19.6 Å². The molecule has 0 saturated heterocycles. The number of halogens is 1. The van der Waals surface area contributed by atoms with E-state index in [-0.39, 0.29) is 0 Å². The van der Waals surface area contributed by atoms with E-state index in [0.29, 0.717) is 17.5 Å². The highest BCUT2D eigenvalue weighted by atomic mass is 35.5. The Morgan fingerprint density at radius 2 is 1.90 bits per heavy atom. The van der Waals surface area contributed by atoms with Gasteiger partial charge in [-0.15, -0.1) is 11.3 Å². The number of thiazole rings is 1. The lowest BCUT2D eigenvalue weighted by atomic mass is 10.2. The van der Waals surface area contributed by atoms with Crippen LogP contribution in [0.5, 0.6) is 0 Å². The Morgan fingerprint density at radius 1 is 1.10 bits per heavy atom. The predicted octanol–water partition coefficient (Wildman–Crippen LogP) is 4.38. The van der Waals surface area contributed by atoms with Crippen LogP contribution < -0.4 is 4.90 Å². The fourth-order valence-corrected chi connectivity index (χ4v) is 3.57. The van der Waals surface area contributed by atoms with Gasteiger partial charge in [-0.1, -0.05) is 18.5 Å². The smallest absolute Gasteiger partial charge is 0.225 e. The molecular weight excluding hydrogens is 404 g/mol. The Morgan fingerprint density at radius 3 is 2.59 bits per heavy atom. The van der Waals surface area contributed by atoms with Gasteiger partial charge in [0.05, 0.1) is 17.6 Å². The standard InChI is InChI=1S/C21H20ClN6S/c1-2-16-9-23-21(24-10-16)27(8-7-19-14-29-15-25-19)12-17-11-26-28(13-17)20-5-3-18(22)4-6-20/h3-6,9-11,13-14H,2,7-8,12H2,1H3. The van der Waals surface area contributed by atoms with E-state index in [1.165, 1.54) is 11.3 Å². The zero-order valence-corrected chi connectivity index (χ0v) is 17.6. The second-order valence-electron chi connectivity index (χ2n) is 6.62. The molecule has 0 spiro atoms. The third-order valence-corrected chi connectivity index (χ3v) is 5.40. The van der Waals surface area contributed by atoms with Gasteiger partial charge in [-0.3, -0.25) is 0 Å². The van der Waals surface area contributed by atoms with Crippen molar-refractivity contribution in [2.75, 3.05) is 11.4 Å². The first kappa shape index (κ1) is 19.5. The van der Waals surface area contributed by atoms with Crippen LogP contribution in [0.15, 0.2) is 54.4 Å². The summed E-state index contributed by atoms with van der Waals surface area (Å²) in [4.78, 5) is 15.6. The van der Waals surface area contributed by atoms with Crippen molar-refractivity contribution in [1.82, 2.24) is 24.7 Å². The third kappa shape index (κ3) is 4.99. The molecule has 0 bridgehead atoms. The molecule has 0 fully saturated rings. The number of nitrogens with zero attached hydrogens (tertiary/aromatic N) is 6. The van der Waals surface area contributed by atoms with E-state index >= 15 is 0 Å². The lowest BCUT2D eigenvalue weighted by Crippen LogP contribution is -2.27. The van der Waals surface area contributed by atoms with E-state index in [1.807, 2.05) is 59.1 Å². The first-order valence-electron chi connectivity index (χ1n) is 9.37. The molecule has 3 aromatic heterocycles. The van der Waals surface area contributed by atoms with E-state index < -0.39 is 0 Å². The summed E-state index contributed by atoms with van der Waals surface area (Å²) in [6.45, 7) is 3.52. The summed E-state index contributed by atoms with van der Waals surface area (Å²) in [5.41, 5.74) is 7.10. The lowest BCUT2D eigenvalue weighted by Gasteiger charge is -2.21. The van der Waals surface area contributed by atoms with Gasteiger partial charge >= 0.3 is 0 Å². The number of benzene rings is 1.